The average molecular weight is 1270 g/mol. The summed E-state index contributed by atoms with van der Waals surface area (Å²) in [6.07, 6.45) is 62.4. The third kappa shape index (κ3) is 19.7. The summed E-state index contributed by atoms with van der Waals surface area (Å²) in [5, 5.41) is 0. The Hall–Kier alpha value is 0.217. The molecule has 2 aliphatic rings. The normalized spacial score (nSPS) is 14.5. The molecule has 422 valence electrons. The summed E-state index contributed by atoms with van der Waals surface area (Å²) in [5.41, 5.74) is 10.8. The minimum atomic E-state index is -2.37. The number of hydrogen-bond donors (Lipinski definition) is 0. The molecule has 0 aliphatic heterocycles. The van der Waals surface area contributed by atoms with Crippen molar-refractivity contribution in [1.82, 2.24) is 0 Å². The van der Waals surface area contributed by atoms with Crippen LogP contribution >= 0.6 is 22.7 Å². The Balaban J connectivity index is 1.51. The second-order valence-corrected chi connectivity index (χ2v) is 60.0. The molecular formula is C70H122S2Sn2. The third-order valence-electron chi connectivity index (χ3n) is 18.4. The Morgan fingerprint density at radius 3 is 0.676 bits per heavy atom. The number of thiophene rings is 2. The number of unbranched alkanes of at least 4 members (excludes halogenated alkanes) is 36. The van der Waals surface area contributed by atoms with Gasteiger partial charge >= 0.3 is 379 Å². The molecule has 2 heterocycles. The van der Waals surface area contributed by atoms with Crippen LogP contribution in [0.4, 0.5) is 0 Å². The molecule has 0 fully saturated rings. The zero-order valence-corrected chi connectivity index (χ0v) is 58.6. The molecule has 0 atom stereocenters. The van der Waals surface area contributed by atoms with E-state index in [1.54, 1.807) is 33.4 Å². The summed E-state index contributed by atoms with van der Waals surface area (Å²) >= 11 is -0.0450. The fourth-order valence-corrected chi connectivity index (χ4v) is 26.9. The molecule has 0 N–H and O–H groups in total. The maximum atomic E-state index is 2.95. The van der Waals surface area contributed by atoms with E-state index in [1.807, 2.05) is 15.5 Å². The Morgan fingerprint density at radius 1 is 0.270 bits per heavy atom. The van der Waals surface area contributed by atoms with E-state index in [4.69, 9.17) is 0 Å². The van der Waals surface area contributed by atoms with E-state index in [0.717, 1.165) is 0 Å². The van der Waals surface area contributed by atoms with Crippen molar-refractivity contribution in [2.24, 2.45) is 0 Å². The molecule has 3 aromatic rings. The zero-order valence-electron chi connectivity index (χ0n) is 51.2. The maximum absolute atomic E-state index is 2.95. The van der Waals surface area contributed by atoms with Gasteiger partial charge in [0.2, 0.25) is 0 Å². The fourth-order valence-electron chi connectivity index (χ4n) is 13.6. The van der Waals surface area contributed by atoms with E-state index in [2.05, 4.69) is 104 Å². The average Bonchev–Trinajstić information content (AvgIpc) is 4.14. The molecule has 2 aliphatic carbocycles. The molecule has 2 aromatic heterocycles. The van der Waals surface area contributed by atoms with Crippen molar-refractivity contribution in [1.29, 1.82) is 0 Å². The second kappa shape index (κ2) is 35.2. The summed E-state index contributed by atoms with van der Waals surface area (Å²) in [4.78, 5) is 19.9. The minimum absolute atomic E-state index is 0.181. The molecule has 4 heteroatoms. The summed E-state index contributed by atoms with van der Waals surface area (Å²) < 4.78 is 3.66. The molecule has 0 amide bonds. The van der Waals surface area contributed by atoms with Gasteiger partial charge in [0.1, 0.15) is 0 Å². The molecule has 1 aromatic carbocycles. The van der Waals surface area contributed by atoms with Gasteiger partial charge in [0, 0.05) is 0 Å². The summed E-state index contributed by atoms with van der Waals surface area (Å²) in [6.45, 7) is 9.40. The van der Waals surface area contributed by atoms with Crippen LogP contribution in [0.25, 0.3) is 22.3 Å². The van der Waals surface area contributed by atoms with Gasteiger partial charge in [-0.15, -0.1) is 0 Å². The number of benzene rings is 1. The van der Waals surface area contributed by atoms with E-state index in [1.165, 1.54) is 283 Å². The van der Waals surface area contributed by atoms with Gasteiger partial charge in [0.25, 0.3) is 0 Å². The van der Waals surface area contributed by atoms with Crippen molar-refractivity contribution < 1.29 is 0 Å². The Bertz CT molecular complexity index is 1760. The van der Waals surface area contributed by atoms with E-state index in [-0.39, 0.29) is 10.8 Å². The van der Waals surface area contributed by atoms with Crippen LogP contribution in [-0.2, 0) is 10.8 Å². The first-order valence-electron chi connectivity index (χ1n) is 33.4. The molecule has 5 rings (SSSR count). The van der Waals surface area contributed by atoms with Crippen molar-refractivity contribution in [3.8, 4) is 22.3 Å². The van der Waals surface area contributed by atoms with Gasteiger partial charge in [0.05, 0.1) is 0 Å². The van der Waals surface area contributed by atoms with Crippen LogP contribution in [-0.4, -0.2) is 36.8 Å². The second-order valence-electron chi connectivity index (χ2n) is 27.0. The van der Waals surface area contributed by atoms with Crippen molar-refractivity contribution >= 4 is 65.2 Å². The molecule has 0 radical (unpaired) electrons. The monoisotopic (exact) mass is 1270 g/mol. The standard InChI is InChI=1S/C64H104S2.6CH3.2Sn/c1-5-9-13-17-21-25-29-33-37-41-47-63(48-42-38-34-30-26-22-18-14-10-6-2)59-53-58-56-46-52-66-62(56)64(49-43-39-35-31-27-23-19-15-11-7-3,50-44-40-36-32-28-24-20-16-12-8-4)60(58)54-57(59)55-45-51-65-61(55)63;;;;;;;;/h45-46,53-54H,5-44,47-50H2,1-4H3;6*1H3;;. The van der Waals surface area contributed by atoms with Crippen molar-refractivity contribution in [2.75, 3.05) is 0 Å². The van der Waals surface area contributed by atoms with Gasteiger partial charge in [-0.05, 0) is 0 Å². The predicted octanol–water partition coefficient (Wildman–Crippen LogP) is 24.7. The molecule has 0 unspecified atom stereocenters. The molecule has 0 nitrogen and oxygen atoms in total. The first-order valence-corrected chi connectivity index (χ1v) is 55.0. The van der Waals surface area contributed by atoms with Crippen LogP contribution in [0.15, 0.2) is 24.3 Å². The van der Waals surface area contributed by atoms with Crippen LogP contribution in [0.2, 0.25) is 29.6 Å². The Morgan fingerprint density at radius 2 is 0.473 bits per heavy atom. The predicted molar refractivity (Wildman–Crippen MR) is 346 cm³/mol. The molecule has 0 bridgehead atoms. The summed E-state index contributed by atoms with van der Waals surface area (Å²) in [7, 11) is 0. The van der Waals surface area contributed by atoms with E-state index >= 15 is 0 Å². The Kier molecular flexibility index (Phi) is 30.9. The zero-order chi connectivity index (χ0) is 53.1. The summed E-state index contributed by atoms with van der Waals surface area (Å²) in [5.74, 6) is 0. The van der Waals surface area contributed by atoms with Crippen LogP contribution in [0, 0.1) is 0 Å². The van der Waals surface area contributed by atoms with Crippen LogP contribution < -0.4 is 5.79 Å². The van der Waals surface area contributed by atoms with Crippen molar-refractivity contribution in [3.63, 3.8) is 0 Å². The fraction of sp³-hybridized carbons (Fsp3) is 0.800. The van der Waals surface area contributed by atoms with Gasteiger partial charge in [0.15, 0.2) is 0 Å². The molecule has 0 spiro atoms. The Labute approximate surface area is 478 Å². The molecule has 74 heavy (non-hydrogen) atoms. The van der Waals surface area contributed by atoms with Crippen LogP contribution in [0.3, 0.4) is 0 Å². The molecule has 0 saturated heterocycles. The summed E-state index contributed by atoms with van der Waals surface area (Å²) in [6, 6.07) is 11.6. The third-order valence-corrected chi connectivity index (χ3v) is 39.9. The van der Waals surface area contributed by atoms with Crippen molar-refractivity contribution in [2.45, 2.75) is 351 Å². The van der Waals surface area contributed by atoms with Gasteiger partial charge in [-0.1, -0.05) is 105 Å². The first-order chi connectivity index (χ1) is 35.9. The van der Waals surface area contributed by atoms with Gasteiger partial charge < -0.3 is 0 Å². The number of hydrogen-bond acceptors (Lipinski definition) is 2. The number of fused-ring (bicyclic) bond motifs is 6. The van der Waals surface area contributed by atoms with Gasteiger partial charge in [-0.25, -0.2) is 0 Å². The first kappa shape index (κ1) is 65.0. The number of rotatable bonds is 46. The van der Waals surface area contributed by atoms with E-state index in [9.17, 15) is 0 Å². The van der Waals surface area contributed by atoms with E-state index in [0.29, 0.717) is 0 Å². The topological polar surface area (TPSA) is 0 Å². The van der Waals surface area contributed by atoms with Gasteiger partial charge in [-0.2, -0.15) is 0 Å². The van der Waals surface area contributed by atoms with Crippen LogP contribution in [0.1, 0.15) is 331 Å². The van der Waals surface area contributed by atoms with E-state index < -0.39 is 36.8 Å². The van der Waals surface area contributed by atoms with Crippen LogP contribution in [0.5, 0.6) is 0 Å². The molecule has 0 saturated carbocycles. The van der Waals surface area contributed by atoms with Gasteiger partial charge in [-0.3, -0.25) is 0 Å². The van der Waals surface area contributed by atoms with Crippen molar-refractivity contribution in [3.05, 3.63) is 45.1 Å². The molecular weight excluding hydrogens is 1140 g/mol. The quantitative estimate of drug-likeness (QED) is 0.0391. The SMILES string of the molecule is CCCCCCCCCCCCC1(CCCCCCCCCCCC)c2cc3c(cc2-c2c[c]([Sn]([CH3])([CH3])[CH3])sc21)C(CCCCCCCCCCCC)(CCCCCCCCCCCC)c1s[c]([Sn]([CH3])([CH3])[CH3])cc1-3.